The summed E-state index contributed by atoms with van der Waals surface area (Å²) in [5, 5.41) is 0. The average Bonchev–Trinajstić information content (AvgIpc) is 1.86. The molecule has 0 aliphatic carbocycles. The van der Waals surface area contributed by atoms with Crippen molar-refractivity contribution in [2.24, 2.45) is 0 Å². The summed E-state index contributed by atoms with van der Waals surface area (Å²) in [7, 11) is -0.700. The molecule has 10 heavy (non-hydrogen) atoms. The maximum absolute atomic E-state index is 10.7. The van der Waals surface area contributed by atoms with Crippen LogP contribution in [0, 0.1) is 0 Å². The minimum absolute atomic E-state index is 0.136. The predicted octanol–water partition coefficient (Wildman–Crippen LogP) is 0.439. The van der Waals surface area contributed by atoms with E-state index in [-0.39, 0.29) is 11.4 Å². The quantitative estimate of drug-likeness (QED) is 0.496. The number of amides is 1. The Balaban J connectivity index is 4.17. The van der Waals surface area contributed by atoms with Gasteiger partial charge in [0.1, 0.15) is 0 Å². The largest absolute Gasteiger partial charge is 0.747 e. The third-order valence-electron chi connectivity index (χ3n) is 1.35. The highest BCUT2D eigenvalue weighted by molar-refractivity contribution is 7.81. The lowest BCUT2D eigenvalue weighted by Crippen LogP contribution is -2.25. The smallest absolute Gasteiger partial charge is 0.252 e. The molecular weight excluding hydrogens is 169 g/mol. The standard InChI is InChI=1S/C5H12NO2PS/c1-5(7)6(2)9(3,8)4-10/h8H,4H2,1-3H3. The van der Waals surface area contributed by atoms with Crippen LogP contribution in [-0.2, 0) is 17.4 Å². The topological polar surface area (TPSA) is 40.5 Å². The third kappa shape index (κ3) is 2.45. The van der Waals surface area contributed by atoms with Gasteiger partial charge in [0, 0.05) is 14.0 Å². The first-order valence-electron chi connectivity index (χ1n) is 2.83. The third-order valence-corrected chi connectivity index (χ3v) is 4.88. The zero-order valence-electron chi connectivity index (χ0n) is 6.37. The Labute approximate surface area is 67.3 Å². The fourth-order valence-corrected chi connectivity index (χ4v) is 1.69. The van der Waals surface area contributed by atoms with Crippen LogP contribution in [0.3, 0.4) is 0 Å². The van der Waals surface area contributed by atoms with Crippen LogP contribution < -0.4 is 0 Å². The van der Waals surface area contributed by atoms with Crippen molar-refractivity contribution in [3.63, 3.8) is 0 Å². The molecule has 0 radical (unpaired) electrons. The molecular formula is C5H12NO2PS. The van der Waals surface area contributed by atoms with Crippen LogP contribution in [0.15, 0.2) is 0 Å². The van der Waals surface area contributed by atoms with Crippen molar-refractivity contribution in [1.29, 1.82) is 0 Å². The zero-order chi connectivity index (χ0) is 8.36. The second kappa shape index (κ2) is 3.56. The lowest BCUT2D eigenvalue weighted by molar-refractivity contribution is -0.123. The molecule has 0 spiro atoms. The van der Waals surface area contributed by atoms with Gasteiger partial charge in [0.25, 0.3) is 5.91 Å². The number of rotatable bonds is 2. The van der Waals surface area contributed by atoms with Crippen molar-refractivity contribution in [2.45, 2.75) is 6.92 Å². The molecule has 0 aliphatic heterocycles. The van der Waals surface area contributed by atoms with E-state index in [1.54, 1.807) is 13.7 Å². The molecule has 1 N–H and O–H groups in total. The van der Waals surface area contributed by atoms with Crippen LogP contribution in [0.5, 0.6) is 0 Å². The molecule has 5 heteroatoms. The summed E-state index contributed by atoms with van der Waals surface area (Å²) in [6, 6.07) is 0. The summed E-state index contributed by atoms with van der Waals surface area (Å²) in [4.78, 5) is 20.2. The Morgan fingerprint density at radius 1 is 1.80 bits per heavy atom. The Morgan fingerprint density at radius 2 is 2.20 bits per heavy atom. The molecule has 0 fully saturated rings. The van der Waals surface area contributed by atoms with Crippen LogP contribution >= 0.6 is 7.64 Å². The van der Waals surface area contributed by atoms with E-state index in [0.29, 0.717) is 0 Å². The first-order chi connectivity index (χ1) is 4.41. The van der Waals surface area contributed by atoms with Gasteiger partial charge in [-0.3, -0.25) is 4.79 Å². The van der Waals surface area contributed by atoms with Gasteiger partial charge in [0.15, 0.2) is 0 Å². The van der Waals surface area contributed by atoms with Gasteiger partial charge in [0.2, 0.25) is 7.64 Å². The summed E-state index contributed by atoms with van der Waals surface area (Å²) in [6.07, 6.45) is 0. The van der Waals surface area contributed by atoms with Crippen LogP contribution in [-0.4, -0.2) is 34.7 Å². The summed E-state index contributed by atoms with van der Waals surface area (Å²) in [5.41, 5.74) is 0.239. The van der Waals surface area contributed by atoms with E-state index >= 15 is 0 Å². The van der Waals surface area contributed by atoms with Crippen molar-refractivity contribution in [2.75, 3.05) is 19.2 Å². The average molecular weight is 181 g/mol. The van der Waals surface area contributed by atoms with Gasteiger partial charge in [-0.25, -0.2) is 4.89 Å². The maximum atomic E-state index is 10.7. The van der Waals surface area contributed by atoms with E-state index in [1.807, 2.05) is 0 Å². The van der Waals surface area contributed by atoms with Crippen molar-refractivity contribution < 1.29 is 9.69 Å². The van der Waals surface area contributed by atoms with Gasteiger partial charge in [-0.15, -0.1) is 0 Å². The van der Waals surface area contributed by atoms with Crippen molar-refractivity contribution in [1.82, 2.24) is 4.67 Å². The molecule has 1 atom stereocenters. The first kappa shape index (κ1) is 10.2. The Morgan fingerprint density at radius 3 is 2.30 bits per heavy atom. The predicted molar refractivity (Wildman–Crippen MR) is 45.7 cm³/mol. The highest BCUT2D eigenvalue weighted by Gasteiger charge is 2.31. The van der Waals surface area contributed by atoms with Gasteiger partial charge >= 0.3 is 0 Å². The molecule has 1 amide bonds. The summed E-state index contributed by atoms with van der Waals surface area (Å²) >= 11 is 4.69. The molecule has 0 rings (SSSR count). The minimum atomic E-state index is -2.27. The summed E-state index contributed by atoms with van der Waals surface area (Å²) in [5.74, 6) is -0.136. The van der Waals surface area contributed by atoms with Crippen LogP contribution in [0.25, 0.3) is 0 Å². The molecule has 1 unspecified atom stereocenters. The first-order valence-corrected chi connectivity index (χ1v) is 5.73. The molecule has 3 nitrogen and oxygen atoms in total. The van der Waals surface area contributed by atoms with Crippen molar-refractivity contribution >= 4 is 26.2 Å². The van der Waals surface area contributed by atoms with Crippen LogP contribution in [0.4, 0.5) is 0 Å². The fraction of sp³-hybridized carbons (Fsp3) is 0.800. The molecule has 0 heterocycles. The highest BCUT2D eigenvalue weighted by atomic mass is 32.1. The minimum Gasteiger partial charge on any atom is -0.747 e. The number of carbonyl (C=O) groups is 1. The lowest BCUT2D eigenvalue weighted by atomic mass is 10.7. The van der Waals surface area contributed by atoms with E-state index in [1.165, 1.54) is 11.6 Å². The maximum Gasteiger partial charge on any atom is 0.252 e. The molecule has 0 bridgehead atoms. The highest BCUT2D eigenvalue weighted by Crippen LogP contribution is 2.52. The molecule has 0 aromatic rings. The Bertz CT molecular complexity index is 140. The van der Waals surface area contributed by atoms with E-state index in [4.69, 9.17) is 0 Å². The number of carbonyl (C=O) groups excluding carboxylic acids is 1. The zero-order valence-corrected chi connectivity index (χ0v) is 8.08. The van der Waals surface area contributed by atoms with E-state index in [0.717, 1.165) is 0 Å². The Hall–Kier alpha value is 0.210. The SMILES string of the molecule is CC(=O)N(C)[P+](C)(O)C[S-]. The number of nitrogens with zero attached hydrogens (tertiary/aromatic N) is 1. The lowest BCUT2D eigenvalue weighted by Gasteiger charge is -2.26. The van der Waals surface area contributed by atoms with E-state index < -0.39 is 7.64 Å². The molecule has 0 aliphatic rings. The summed E-state index contributed by atoms with van der Waals surface area (Å²) in [6.45, 7) is 3.04. The molecule has 0 saturated heterocycles. The second-order valence-corrected chi connectivity index (χ2v) is 6.07. The molecule has 0 aromatic heterocycles. The van der Waals surface area contributed by atoms with Gasteiger partial charge in [-0.1, -0.05) is 0 Å². The van der Waals surface area contributed by atoms with Crippen molar-refractivity contribution in [3.8, 4) is 0 Å². The fourth-order valence-electron chi connectivity index (χ4n) is 0.390. The molecule has 60 valence electrons. The van der Waals surface area contributed by atoms with Crippen LogP contribution in [0.2, 0.25) is 0 Å². The second-order valence-electron chi connectivity index (χ2n) is 2.26. The summed E-state index contributed by atoms with van der Waals surface area (Å²) < 4.78 is 1.33. The van der Waals surface area contributed by atoms with Gasteiger partial charge in [-0.2, -0.15) is 4.67 Å². The molecule has 0 aromatic carbocycles. The van der Waals surface area contributed by atoms with Gasteiger partial charge < -0.3 is 12.6 Å². The molecule has 0 saturated carbocycles. The Kier molecular flexibility index (Phi) is 3.63. The monoisotopic (exact) mass is 181 g/mol. The normalized spacial score (nSPS) is 16.1. The van der Waals surface area contributed by atoms with Gasteiger partial charge in [0.05, 0.1) is 6.66 Å². The number of hydrogen-bond donors (Lipinski definition) is 1. The van der Waals surface area contributed by atoms with E-state index in [9.17, 15) is 9.69 Å². The van der Waals surface area contributed by atoms with E-state index in [2.05, 4.69) is 12.6 Å². The van der Waals surface area contributed by atoms with Crippen molar-refractivity contribution in [3.05, 3.63) is 0 Å². The van der Waals surface area contributed by atoms with Crippen LogP contribution in [0.1, 0.15) is 6.92 Å². The van der Waals surface area contributed by atoms with Gasteiger partial charge in [-0.05, 0) is 5.49 Å². The number of hydrogen-bond acceptors (Lipinski definition) is 3.